The third kappa shape index (κ3) is 3.66. The highest BCUT2D eigenvalue weighted by molar-refractivity contribution is 6.30. The van der Waals surface area contributed by atoms with E-state index in [1.54, 1.807) is 0 Å². The third-order valence-electron chi connectivity index (χ3n) is 6.18. The van der Waals surface area contributed by atoms with Gasteiger partial charge in [-0.1, -0.05) is 54.1 Å². The van der Waals surface area contributed by atoms with E-state index < -0.39 is 0 Å². The lowest BCUT2D eigenvalue weighted by Gasteiger charge is -2.38. The summed E-state index contributed by atoms with van der Waals surface area (Å²) in [5.74, 6) is 0.939. The Morgan fingerprint density at radius 1 is 0.968 bits per heavy atom. The van der Waals surface area contributed by atoms with Crippen LogP contribution in [0.1, 0.15) is 49.2 Å². The molecule has 2 atom stereocenters. The molecule has 5 heteroatoms. The van der Waals surface area contributed by atoms with Crippen molar-refractivity contribution in [1.82, 2.24) is 5.01 Å². The summed E-state index contributed by atoms with van der Waals surface area (Å²) in [5.41, 5.74) is 5.69. The van der Waals surface area contributed by atoms with E-state index in [0.29, 0.717) is 0 Å². The molecule has 0 radical (unpaired) electrons. The minimum absolute atomic E-state index is 0.156. The minimum Gasteiger partial charge on any atom is -0.464 e. The number of hydrogen-bond acceptors (Lipinski definition) is 4. The molecule has 31 heavy (non-hydrogen) atoms. The van der Waals surface area contributed by atoms with Gasteiger partial charge >= 0.3 is 0 Å². The van der Waals surface area contributed by atoms with Crippen molar-refractivity contribution < 1.29 is 4.74 Å². The number of hydrazone groups is 1. The van der Waals surface area contributed by atoms with E-state index in [1.807, 2.05) is 30.3 Å². The van der Waals surface area contributed by atoms with Crippen molar-refractivity contribution >= 4 is 23.0 Å². The van der Waals surface area contributed by atoms with E-state index in [0.717, 1.165) is 47.1 Å². The Morgan fingerprint density at radius 2 is 1.68 bits per heavy atom. The second kappa shape index (κ2) is 8.27. The molecule has 2 heterocycles. The monoisotopic (exact) mass is 431 g/mol. The number of para-hydroxylation sites is 1. The molecule has 0 amide bonds. The summed E-state index contributed by atoms with van der Waals surface area (Å²) < 4.78 is 6.47. The van der Waals surface area contributed by atoms with Gasteiger partial charge in [-0.2, -0.15) is 5.10 Å². The number of nitrogens with zero attached hydrogens (tertiary/aromatic N) is 3. The fourth-order valence-corrected chi connectivity index (χ4v) is 4.64. The molecule has 158 valence electrons. The molecule has 5 rings (SSSR count). The maximum absolute atomic E-state index is 6.47. The summed E-state index contributed by atoms with van der Waals surface area (Å²) in [5, 5.41) is 7.89. The summed E-state index contributed by atoms with van der Waals surface area (Å²) in [6, 6.07) is 25.1. The van der Waals surface area contributed by atoms with E-state index in [-0.39, 0.29) is 12.3 Å². The van der Waals surface area contributed by atoms with E-state index in [4.69, 9.17) is 21.4 Å². The topological polar surface area (TPSA) is 28.1 Å². The van der Waals surface area contributed by atoms with Gasteiger partial charge in [0.05, 0.1) is 11.8 Å². The van der Waals surface area contributed by atoms with Gasteiger partial charge in [-0.3, -0.25) is 0 Å². The van der Waals surface area contributed by atoms with Crippen LogP contribution in [0.4, 0.5) is 5.69 Å². The zero-order valence-corrected chi connectivity index (χ0v) is 18.6. The quantitative estimate of drug-likeness (QED) is 0.466. The standard InChI is InChI=1S/C26H26ClN3O/c1-3-29(4-2)21-15-11-19(12-16-21)26-30-24(22-7-5-6-8-25(22)31-26)17-23(28-30)18-9-13-20(27)14-10-18/h5-16,24,26H,3-4,17H2,1-2H3/t24-,26+/m0/s1. The highest BCUT2D eigenvalue weighted by Crippen LogP contribution is 2.47. The second-order valence-electron chi connectivity index (χ2n) is 7.93. The summed E-state index contributed by atoms with van der Waals surface area (Å²) in [6.45, 7) is 6.35. The van der Waals surface area contributed by atoms with Crippen LogP contribution in [0, 0.1) is 0 Å². The first-order valence-corrected chi connectivity index (χ1v) is 11.3. The van der Waals surface area contributed by atoms with Gasteiger partial charge in [0.1, 0.15) is 5.75 Å². The highest BCUT2D eigenvalue weighted by Gasteiger charge is 2.40. The van der Waals surface area contributed by atoms with Crippen LogP contribution in [-0.4, -0.2) is 23.8 Å². The molecular weight excluding hydrogens is 406 g/mol. The van der Waals surface area contributed by atoms with E-state index in [2.05, 4.69) is 66.2 Å². The van der Waals surface area contributed by atoms with Crippen molar-refractivity contribution in [2.24, 2.45) is 5.10 Å². The molecular formula is C26H26ClN3O. The Morgan fingerprint density at radius 3 is 2.39 bits per heavy atom. The molecule has 2 aliphatic rings. The number of hydrogen-bond donors (Lipinski definition) is 0. The van der Waals surface area contributed by atoms with Gasteiger partial charge < -0.3 is 9.64 Å². The average molecular weight is 432 g/mol. The molecule has 0 saturated heterocycles. The fourth-order valence-electron chi connectivity index (χ4n) is 4.51. The fraction of sp³-hybridized carbons (Fsp3) is 0.269. The second-order valence-corrected chi connectivity index (χ2v) is 8.36. The summed E-state index contributed by atoms with van der Waals surface area (Å²) >= 11 is 6.09. The maximum Gasteiger partial charge on any atom is 0.213 e. The number of anilines is 1. The molecule has 3 aromatic carbocycles. The lowest BCUT2D eigenvalue weighted by atomic mass is 9.96. The lowest BCUT2D eigenvalue weighted by Crippen LogP contribution is -2.33. The van der Waals surface area contributed by atoms with Gasteiger partial charge in [0.25, 0.3) is 0 Å². The molecule has 3 aromatic rings. The van der Waals surface area contributed by atoms with Crippen LogP contribution in [0.3, 0.4) is 0 Å². The lowest BCUT2D eigenvalue weighted by molar-refractivity contribution is -0.0190. The van der Waals surface area contributed by atoms with E-state index in [9.17, 15) is 0 Å². The minimum atomic E-state index is -0.254. The van der Waals surface area contributed by atoms with Gasteiger partial charge in [0.15, 0.2) is 0 Å². The molecule has 0 N–H and O–H groups in total. The van der Waals surface area contributed by atoms with Gasteiger partial charge in [-0.15, -0.1) is 0 Å². The van der Waals surface area contributed by atoms with Crippen molar-refractivity contribution in [2.75, 3.05) is 18.0 Å². The van der Waals surface area contributed by atoms with Crippen LogP contribution >= 0.6 is 11.6 Å². The SMILES string of the molecule is CCN(CC)c1ccc([C@H]2Oc3ccccc3[C@@H]3CC(c4ccc(Cl)cc4)=NN23)cc1. The predicted molar refractivity (Wildman–Crippen MR) is 127 cm³/mol. The smallest absolute Gasteiger partial charge is 0.213 e. The van der Waals surface area contributed by atoms with Crippen molar-refractivity contribution in [3.8, 4) is 5.75 Å². The summed E-state index contributed by atoms with van der Waals surface area (Å²) in [6.07, 6.45) is 0.589. The Bertz CT molecular complexity index is 1090. The largest absolute Gasteiger partial charge is 0.464 e. The van der Waals surface area contributed by atoms with Gasteiger partial charge in [-0.25, -0.2) is 5.01 Å². The zero-order chi connectivity index (χ0) is 21.4. The number of benzene rings is 3. The number of ether oxygens (including phenoxy) is 1. The first-order chi connectivity index (χ1) is 15.2. The highest BCUT2D eigenvalue weighted by atomic mass is 35.5. The van der Waals surface area contributed by atoms with Crippen LogP contribution in [0.5, 0.6) is 5.75 Å². The number of fused-ring (bicyclic) bond motifs is 3. The Balaban J connectivity index is 1.52. The first kappa shape index (κ1) is 20.0. The van der Waals surface area contributed by atoms with Gasteiger partial charge in [0.2, 0.25) is 6.23 Å². The molecule has 4 nitrogen and oxygen atoms in total. The van der Waals surface area contributed by atoms with Crippen LogP contribution in [-0.2, 0) is 0 Å². The molecule has 0 aliphatic carbocycles. The number of rotatable bonds is 5. The average Bonchev–Trinajstić information content (AvgIpc) is 3.26. The van der Waals surface area contributed by atoms with Gasteiger partial charge in [0, 0.05) is 41.3 Å². The van der Waals surface area contributed by atoms with Crippen molar-refractivity contribution in [3.05, 3.63) is 94.5 Å². The van der Waals surface area contributed by atoms with Crippen molar-refractivity contribution in [2.45, 2.75) is 32.5 Å². The molecule has 0 bridgehead atoms. The van der Waals surface area contributed by atoms with Crippen LogP contribution in [0.2, 0.25) is 5.02 Å². The normalized spacial score (nSPS) is 19.3. The number of halogens is 1. The van der Waals surface area contributed by atoms with Crippen LogP contribution in [0.15, 0.2) is 77.9 Å². The Labute approximate surface area is 188 Å². The molecule has 0 saturated carbocycles. The molecule has 0 unspecified atom stereocenters. The first-order valence-electron chi connectivity index (χ1n) is 10.9. The Kier molecular flexibility index (Phi) is 5.33. The van der Waals surface area contributed by atoms with E-state index in [1.165, 1.54) is 11.3 Å². The van der Waals surface area contributed by atoms with Gasteiger partial charge in [-0.05, 0) is 49.7 Å². The predicted octanol–water partition coefficient (Wildman–Crippen LogP) is 6.43. The summed E-state index contributed by atoms with van der Waals surface area (Å²) in [4.78, 5) is 2.34. The summed E-state index contributed by atoms with van der Waals surface area (Å²) in [7, 11) is 0. The third-order valence-corrected chi connectivity index (χ3v) is 6.44. The molecule has 0 fully saturated rings. The molecule has 0 aromatic heterocycles. The van der Waals surface area contributed by atoms with Crippen molar-refractivity contribution in [1.29, 1.82) is 0 Å². The van der Waals surface area contributed by atoms with Crippen molar-refractivity contribution in [3.63, 3.8) is 0 Å². The maximum atomic E-state index is 6.47. The molecule has 0 spiro atoms. The van der Waals surface area contributed by atoms with Crippen LogP contribution < -0.4 is 9.64 Å². The van der Waals surface area contributed by atoms with Crippen LogP contribution in [0.25, 0.3) is 0 Å². The molecule has 2 aliphatic heterocycles. The Hall–Kier alpha value is -2.98. The van der Waals surface area contributed by atoms with E-state index >= 15 is 0 Å². The zero-order valence-electron chi connectivity index (χ0n) is 17.8.